The molecule has 0 aromatic rings. The van der Waals surface area contributed by atoms with Gasteiger partial charge in [0.1, 0.15) is 0 Å². The zero-order valence-electron chi connectivity index (χ0n) is 6.68. The van der Waals surface area contributed by atoms with Crippen molar-refractivity contribution in [2.45, 2.75) is 43.9 Å². The first-order chi connectivity index (χ1) is 4.79. The van der Waals surface area contributed by atoms with E-state index in [-0.39, 0.29) is 0 Å². The lowest BCUT2D eigenvalue weighted by molar-refractivity contribution is 0.597. The zero-order valence-corrected chi connectivity index (χ0v) is 7.49. The minimum absolute atomic E-state index is 0.404. The van der Waals surface area contributed by atoms with Crippen LogP contribution in [0.15, 0.2) is 0 Å². The van der Waals surface area contributed by atoms with Crippen molar-refractivity contribution < 1.29 is 0 Å². The van der Waals surface area contributed by atoms with E-state index < -0.39 is 0 Å². The predicted octanol–water partition coefficient (Wildman–Crippen LogP) is 2.01. The van der Waals surface area contributed by atoms with Gasteiger partial charge in [-0.3, -0.25) is 0 Å². The molecule has 1 aliphatic heterocycles. The zero-order chi connectivity index (χ0) is 7.40. The molecule has 2 atom stereocenters. The smallest absolute Gasteiger partial charge is 0.00479 e. The first kappa shape index (κ1) is 8.41. The number of thioether (sulfide) groups is 1. The molecule has 0 saturated carbocycles. The maximum Gasteiger partial charge on any atom is 0.00479 e. The van der Waals surface area contributed by atoms with E-state index in [9.17, 15) is 0 Å². The Labute approximate surface area is 67.8 Å². The largest absolute Gasteiger partial charge is 0.328 e. The van der Waals surface area contributed by atoms with E-state index in [2.05, 4.69) is 18.7 Å². The lowest BCUT2D eigenvalue weighted by Crippen LogP contribution is -2.16. The standard InChI is InChI=1S/C8H17NS/c1-7(9)4-5-8-3-2-6-10-8/h7-8H,2-6,9H2,1H3. The molecule has 1 aliphatic rings. The molecule has 2 heteroatoms. The summed E-state index contributed by atoms with van der Waals surface area (Å²) in [5, 5.41) is 0.936. The number of hydrogen-bond acceptors (Lipinski definition) is 2. The molecule has 1 fully saturated rings. The van der Waals surface area contributed by atoms with Crippen molar-refractivity contribution in [2.24, 2.45) is 5.73 Å². The molecule has 1 nitrogen and oxygen atoms in total. The molecule has 1 saturated heterocycles. The van der Waals surface area contributed by atoms with Crippen LogP contribution in [-0.2, 0) is 0 Å². The van der Waals surface area contributed by atoms with Gasteiger partial charge in [0, 0.05) is 11.3 Å². The molecule has 2 N–H and O–H groups in total. The Morgan fingerprint density at radius 3 is 3.00 bits per heavy atom. The highest BCUT2D eigenvalue weighted by molar-refractivity contribution is 8.00. The van der Waals surface area contributed by atoms with Crippen molar-refractivity contribution in [3.05, 3.63) is 0 Å². The molecule has 0 radical (unpaired) electrons. The van der Waals surface area contributed by atoms with Crippen LogP contribution < -0.4 is 5.73 Å². The van der Waals surface area contributed by atoms with E-state index in [4.69, 9.17) is 5.73 Å². The molecule has 0 aliphatic carbocycles. The number of rotatable bonds is 3. The van der Waals surface area contributed by atoms with Crippen molar-refractivity contribution in [1.82, 2.24) is 0 Å². The van der Waals surface area contributed by atoms with Gasteiger partial charge >= 0.3 is 0 Å². The Morgan fingerprint density at radius 2 is 2.50 bits per heavy atom. The second kappa shape index (κ2) is 4.24. The second-order valence-corrected chi connectivity index (χ2v) is 4.60. The fraction of sp³-hybridized carbons (Fsp3) is 1.00. The second-order valence-electron chi connectivity index (χ2n) is 3.19. The van der Waals surface area contributed by atoms with E-state index in [1.165, 1.54) is 31.4 Å². The van der Waals surface area contributed by atoms with Crippen molar-refractivity contribution in [3.8, 4) is 0 Å². The highest BCUT2D eigenvalue weighted by Gasteiger charge is 2.14. The van der Waals surface area contributed by atoms with Gasteiger partial charge in [-0.1, -0.05) is 0 Å². The minimum Gasteiger partial charge on any atom is -0.328 e. The summed E-state index contributed by atoms with van der Waals surface area (Å²) in [5.74, 6) is 1.38. The topological polar surface area (TPSA) is 26.0 Å². The molecule has 0 amide bonds. The summed E-state index contributed by atoms with van der Waals surface area (Å²) in [7, 11) is 0. The van der Waals surface area contributed by atoms with Crippen LogP contribution in [0.3, 0.4) is 0 Å². The lowest BCUT2D eigenvalue weighted by atomic mass is 10.1. The van der Waals surface area contributed by atoms with Crippen LogP contribution in [0.4, 0.5) is 0 Å². The normalized spacial score (nSPS) is 28.8. The summed E-state index contributed by atoms with van der Waals surface area (Å²) in [6.07, 6.45) is 5.39. The Bertz CT molecular complexity index is 87.3. The summed E-state index contributed by atoms with van der Waals surface area (Å²) in [4.78, 5) is 0. The van der Waals surface area contributed by atoms with Crippen molar-refractivity contribution >= 4 is 11.8 Å². The molecule has 0 bridgehead atoms. The SMILES string of the molecule is CC(N)CCC1CCCS1. The van der Waals surface area contributed by atoms with Gasteiger partial charge in [0.2, 0.25) is 0 Å². The Kier molecular flexibility index (Phi) is 3.57. The third kappa shape index (κ3) is 2.93. The van der Waals surface area contributed by atoms with Gasteiger partial charge in [-0.15, -0.1) is 0 Å². The molecule has 0 aromatic carbocycles. The summed E-state index contributed by atoms with van der Waals surface area (Å²) in [6.45, 7) is 2.10. The fourth-order valence-electron chi connectivity index (χ4n) is 1.32. The van der Waals surface area contributed by atoms with Gasteiger partial charge in [0.15, 0.2) is 0 Å². The Morgan fingerprint density at radius 1 is 1.70 bits per heavy atom. The molecule has 2 unspecified atom stereocenters. The maximum absolute atomic E-state index is 5.66. The van der Waals surface area contributed by atoms with E-state index in [0.717, 1.165) is 5.25 Å². The minimum atomic E-state index is 0.404. The molecule has 1 heterocycles. The highest BCUT2D eigenvalue weighted by Crippen LogP contribution is 2.29. The first-order valence-corrected chi connectivity index (χ1v) is 5.21. The Hall–Kier alpha value is 0.310. The van der Waals surface area contributed by atoms with Gasteiger partial charge in [-0.05, 0) is 38.4 Å². The molecule has 60 valence electrons. The summed E-state index contributed by atoms with van der Waals surface area (Å²) < 4.78 is 0. The summed E-state index contributed by atoms with van der Waals surface area (Å²) in [6, 6.07) is 0.404. The first-order valence-electron chi connectivity index (χ1n) is 4.16. The van der Waals surface area contributed by atoms with Crippen LogP contribution in [-0.4, -0.2) is 17.0 Å². The average Bonchev–Trinajstić information content (AvgIpc) is 2.34. The number of hydrogen-bond donors (Lipinski definition) is 1. The monoisotopic (exact) mass is 159 g/mol. The fourth-order valence-corrected chi connectivity index (χ4v) is 2.62. The van der Waals surface area contributed by atoms with Gasteiger partial charge in [0.05, 0.1) is 0 Å². The van der Waals surface area contributed by atoms with Crippen molar-refractivity contribution in [1.29, 1.82) is 0 Å². The molecular weight excluding hydrogens is 142 g/mol. The van der Waals surface area contributed by atoms with Crippen LogP contribution in [0.1, 0.15) is 32.6 Å². The van der Waals surface area contributed by atoms with E-state index in [0.29, 0.717) is 6.04 Å². The molecule has 10 heavy (non-hydrogen) atoms. The van der Waals surface area contributed by atoms with Gasteiger partial charge < -0.3 is 5.73 Å². The molecular formula is C8H17NS. The third-order valence-electron chi connectivity index (χ3n) is 1.97. The molecule has 0 spiro atoms. The van der Waals surface area contributed by atoms with Crippen LogP contribution >= 0.6 is 11.8 Å². The third-order valence-corrected chi connectivity index (χ3v) is 3.44. The van der Waals surface area contributed by atoms with E-state index in [1.807, 2.05) is 0 Å². The van der Waals surface area contributed by atoms with Gasteiger partial charge in [0.25, 0.3) is 0 Å². The van der Waals surface area contributed by atoms with E-state index >= 15 is 0 Å². The average molecular weight is 159 g/mol. The van der Waals surface area contributed by atoms with E-state index in [1.54, 1.807) is 0 Å². The quantitative estimate of drug-likeness (QED) is 0.681. The predicted molar refractivity (Wildman–Crippen MR) is 48.4 cm³/mol. The highest BCUT2D eigenvalue weighted by atomic mass is 32.2. The lowest BCUT2D eigenvalue weighted by Gasteiger charge is -2.09. The van der Waals surface area contributed by atoms with Crippen LogP contribution in [0.2, 0.25) is 0 Å². The summed E-state index contributed by atoms with van der Waals surface area (Å²) in [5.41, 5.74) is 5.66. The molecule has 1 rings (SSSR count). The molecule has 0 aromatic heterocycles. The van der Waals surface area contributed by atoms with Crippen molar-refractivity contribution in [2.75, 3.05) is 5.75 Å². The Balaban J connectivity index is 2.01. The van der Waals surface area contributed by atoms with Crippen LogP contribution in [0.5, 0.6) is 0 Å². The van der Waals surface area contributed by atoms with Crippen LogP contribution in [0, 0.1) is 0 Å². The van der Waals surface area contributed by atoms with Gasteiger partial charge in [-0.2, -0.15) is 11.8 Å². The number of nitrogens with two attached hydrogens (primary N) is 1. The van der Waals surface area contributed by atoms with Crippen molar-refractivity contribution in [3.63, 3.8) is 0 Å². The maximum atomic E-state index is 5.66. The van der Waals surface area contributed by atoms with Crippen LogP contribution in [0.25, 0.3) is 0 Å². The van der Waals surface area contributed by atoms with Gasteiger partial charge in [-0.25, -0.2) is 0 Å². The summed E-state index contributed by atoms with van der Waals surface area (Å²) >= 11 is 2.13.